The van der Waals surface area contributed by atoms with Crippen molar-refractivity contribution < 1.29 is 23.8 Å². The van der Waals surface area contributed by atoms with Crippen LogP contribution in [0.25, 0.3) is 6.08 Å². The summed E-state index contributed by atoms with van der Waals surface area (Å²) in [7, 11) is 1.53. The maximum atomic E-state index is 12.3. The molecule has 0 N–H and O–H groups in total. The van der Waals surface area contributed by atoms with Crippen molar-refractivity contribution in [2.75, 3.05) is 33.4 Å². The summed E-state index contributed by atoms with van der Waals surface area (Å²) in [4.78, 5) is 26.1. The predicted octanol–water partition coefficient (Wildman–Crippen LogP) is 4.20. The predicted molar refractivity (Wildman–Crippen MR) is 113 cm³/mol. The Hall–Kier alpha value is -2.21. The van der Waals surface area contributed by atoms with E-state index in [0.29, 0.717) is 53.6 Å². The van der Waals surface area contributed by atoms with Gasteiger partial charge < -0.3 is 19.1 Å². The molecule has 1 heterocycles. The fourth-order valence-corrected chi connectivity index (χ4v) is 3.76. The zero-order valence-corrected chi connectivity index (χ0v) is 18.3. The number of ether oxygens (including phenoxy) is 3. The highest BCUT2D eigenvalue weighted by molar-refractivity contribution is 6.32. The van der Waals surface area contributed by atoms with E-state index in [0.717, 1.165) is 12.8 Å². The molecule has 1 saturated heterocycles. The third-order valence-electron chi connectivity index (χ3n) is 4.67. The first-order chi connectivity index (χ1) is 13.8. The molecule has 0 bridgehead atoms. The maximum absolute atomic E-state index is 12.3. The van der Waals surface area contributed by atoms with E-state index < -0.39 is 5.97 Å². The Morgan fingerprint density at radius 1 is 1.24 bits per heavy atom. The number of likely N-dealkylation sites (tertiary alicyclic amines) is 1. The Bertz CT molecular complexity index is 739. The second-order valence-electron chi connectivity index (χ2n) is 7.57. The van der Waals surface area contributed by atoms with Gasteiger partial charge in [0, 0.05) is 19.2 Å². The quantitative estimate of drug-likeness (QED) is 0.463. The molecule has 7 heteroatoms. The number of benzene rings is 1. The van der Waals surface area contributed by atoms with Gasteiger partial charge in [0.15, 0.2) is 18.1 Å². The van der Waals surface area contributed by atoms with Gasteiger partial charge in [0.25, 0.3) is 5.91 Å². The molecular formula is C22H30ClNO5. The third kappa shape index (κ3) is 6.96. The lowest BCUT2D eigenvalue weighted by molar-refractivity contribution is -0.149. The SMILES string of the molecule is CCCOc1c(Cl)cc(/C=C/C(=O)OCC(=O)N2C[C@H](C)C[C@H](C)C2)cc1OC. The van der Waals surface area contributed by atoms with Gasteiger partial charge in [-0.2, -0.15) is 0 Å². The zero-order valence-electron chi connectivity index (χ0n) is 17.6. The summed E-state index contributed by atoms with van der Waals surface area (Å²) in [5.41, 5.74) is 0.664. The fraction of sp³-hybridized carbons (Fsp3) is 0.545. The van der Waals surface area contributed by atoms with E-state index >= 15 is 0 Å². The highest BCUT2D eigenvalue weighted by Crippen LogP contribution is 2.36. The number of halogens is 1. The number of rotatable bonds is 8. The number of piperidine rings is 1. The van der Waals surface area contributed by atoms with E-state index in [-0.39, 0.29) is 12.5 Å². The lowest BCUT2D eigenvalue weighted by Gasteiger charge is -2.34. The number of carbonyl (C=O) groups is 2. The molecular weight excluding hydrogens is 394 g/mol. The molecule has 6 nitrogen and oxygen atoms in total. The number of carbonyl (C=O) groups excluding carboxylic acids is 2. The molecule has 1 fully saturated rings. The minimum Gasteiger partial charge on any atom is -0.493 e. The van der Waals surface area contributed by atoms with Gasteiger partial charge in [0.1, 0.15) is 0 Å². The number of hydrogen-bond donors (Lipinski definition) is 0. The fourth-order valence-electron chi connectivity index (χ4n) is 3.48. The molecule has 0 spiro atoms. The molecule has 160 valence electrons. The second-order valence-corrected chi connectivity index (χ2v) is 7.98. The van der Waals surface area contributed by atoms with Gasteiger partial charge >= 0.3 is 5.97 Å². The van der Waals surface area contributed by atoms with Crippen LogP contribution < -0.4 is 9.47 Å². The van der Waals surface area contributed by atoms with Gasteiger partial charge in [-0.1, -0.05) is 32.4 Å². The van der Waals surface area contributed by atoms with Gasteiger partial charge in [0.2, 0.25) is 0 Å². The van der Waals surface area contributed by atoms with Gasteiger partial charge in [-0.3, -0.25) is 4.79 Å². The van der Waals surface area contributed by atoms with Crippen LogP contribution in [0.2, 0.25) is 5.02 Å². The standard InChI is InChI=1S/C22H30ClNO5/c1-5-8-28-22-18(23)10-17(11-19(22)27-4)6-7-21(26)29-14-20(25)24-12-15(2)9-16(3)13-24/h6-7,10-11,15-16H,5,8-9,12-14H2,1-4H3/b7-6+/t15-,16+. The van der Waals surface area contributed by atoms with Gasteiger partial charge in [-0.25, -0.2) is 4.79 Å². The summed E-state index contributed by atoms with van der Waals surface area (Å²) < 4.78 is 16.0. The highest BCUT2D eigenvalue weighted by Gasteiger charge is 2.25. The number of hydrogen-bond acceptors (Lipinski definition) is 5. The summed E-state index contributed by atoms with van der Waals surface area (Å²) in [6.45, 7) is 7.95. The van der Waals surface area contributed by atoms with Gasteiger partial charge in [-0.15, -0.1) is 0 Å². The Morgan fingerprint density at radius 2 is 1.93 bits per heavy atom. The van der Waals surface area contributed by atoms with Crippen LogP contribution in [0.15, 0.2) is 18.2 Å². The third-order valence-corrected chi connectivity index (χ3v) is 4.95. The first kappa shape index (κ1) is 23.1. The number of esters is 1. The summed E-state index contributed by atoms with van der Waals surface area (Å²) in [6, 6.07) is 3.41. The number of methoxy groups -OCH3 is 1. The Labute approximate surface area is 177 Å². The molecule has 2 rings (SSSR count). The van der Waals surface area contributed by atoms with Crippen molar-refractivity contribution in [3.8, 4) is 11.5 Å². The minimum absolute atomic E-state index is 0.160. The normalized spacial score (nSPS) is 19.3. The summed E-state index contributed by atoms with van der Waals surface area (Å²) in [5, 5.41) is 0.398. The van der Waals surface area contributed by atoms with Crippen LogP contribution in [0.1, 0.15) is 39.2 Å². The van der Waals surface area contributed by atoms with E-state index in [4.69, 9.17) is 25.8 Å². The molecule has 2 atom stereocenters. The van der Waals surface area contributed by atoms with E-state index in [2.05, 4.69) is 13.8 Å². The molecule has 0 aromatic heterocycles. The lowest BCUT2D eigenvalue weighted by Crippen LogP contribution is -2.44. The molecule has 1 aromatic rings. The molecule has 0 saturated carbocycles. The van der Waals surface area contributed by atoms with Crippen molar-refractivity contribution in [2.45, 2.75) is 33.6 Å². The average molecular weight is 424 g/mol. The Kier molecular flexibility index (Phi) is 8.83. The van der Waals surface area contributed by atoms with Crippen LogP contribution in [0.3, 0.4) is 0 Å². The average Bonchev–Trinajstić information content (AvgIpc) is 2.68. The summed E-state index contributed by atoms with van der Waals surface area (Å²) >= 11 is 6.27. The van der Waals surface area contributed by atoms with Crippen molar-refractivity contribution in [2.24, 2.45) is 11.8 Å². The zero-order chi connectivity index (χ0) is 21.4. The largest absolute Gasteiger partial charge is 0.493 e. The molecule has 29 heavy (non-hydrogen) atoms. The van der Waals surface area contributed by atoms with Crippen molar-refractivity contribution in [1.29, 1.82) is 0 Å². The van der Waals surface area contributed by atoms with Crippen molar-refractivity contribution in [1.82, 2.24) is 4.90 Å². The van der Waals surface area contributed by atoms with Crippen molar-refractivity contribution >= 4 is 29.6 Å². The van der Waals surface area contributed by atoms with Crippen molar-refractivity contribution in [3.63, 3.8) is 0 Å². The van der Waals surface area contributed by atoms with Crippen LogP contribution in [0.5, 0.6) is 11.5 Å². The van der Waals surface area contributed by atoms with E-state index in [9.17, 15) is 9.59 Å². The topological polar surface area (TPSA) is 65.1 Å². The van der Waals surface area contributed by atoms with E-state index in [1.165, 1.54) is 13.2 Å². The van der Waals surface area contributed by atoms with Crippen LogP contribution in [-0.4, -0.2) is 50.2 Å². The van der Waals surface area contributed by atoms with Crippen LogP contribution in [0, 0.1) is 11.8 Å². The lowest BCUT2D eigenvalue weighted by atomic mass is 9.92. The molecule has 1 aromatic carbocycles. The smallest absolute Gasteiger partial charge is 0.331 e. The molecule has 1 aliphatic rings. The van der Waals surface area contributed by atoms with Crippen molar-refractivity contribution in [3.05, 3.63) is 28.8 Å². The highest BCUT2D eigenvalue weighted by atomic mass is 35.5. The van der Waals surface area contributed by atoms with Gasteiger partial charge in [-0.05, 0) is 48.4 Å². The van der Waals surface area contributed by atoms with Crippen LogP contribution in [-0.2, 0) is 14.3 Å². The van der Waals surface area contributed by atoms with Crippen LogP contribution >= 0.6 is 11.6 Å². The monoisotopic (exact) mass is 423 g/mol. The first-order valence-electron chi connectivity index (χ1n) is 9.97. The van der Waals surface area contributed by atoms with E-state index in [1.54, 1.807) is 23.1 Å². The first-order valence-corrected chi connectivity index (χ1v) is 10.3. The summed E-state index contributed by atoms with van der Waals surface area (Å²) in [5.74, 6) is 1.14. The molecule has 0 radical (unpaired) electrons. The minimum atomic E-state index is -0.585. The number of amides is 1. The Balaban J connectivity index is 1.93. The van der Waals surface area contributed by atoms with Gasteiger partial charge in [0.05, 0.1) is 18.7 Å². The molecule has 1 amide bonds. The van der Waals surface area contributed by atoms with E-state index in [1.807, 2.05) is 6.92 Å². The summed E-state index contributed by atoms with van der Waals surface area (Å²) in [6.07, 6.45) is 4.80. The second kappa shape index (κ2) is 11.1. The Morgan fingerprint density at radius 3 is 2.55 bits per heavy atom. The number of nitrogens with zero attached hydrogens (tertiary/aromatic N) is 1. The maximum Gasteiger partial charge on any atom is 0.331 e. The molecule has 0 aliphatic carbocycles. The molecule has 0 unspecified atom stereocenters. The molecule has 1 aliphatic heterocycles. The van der Waals surface area contributed by atoms with Crippen LogP contribution in [0.4, 0.5) is 0 Å².